The van der Waals surface area contributed by atoms with Crippen molar-refractivity contribution in [3.8, 4) is 5.75 Å². The summed E-state index contributed by atoms with van der Waals surface area (Å²) in [6.07, 6.45) is 0. The first-order chi connectivity index (χ1) is 14.4. The van der Waals surface area contributed by atoms with Crippen molar-refractivity contribution in [3.63, 3.8) is 0 Å². The van der Waals surface area contributed by atoms with E-state index in [0.29, 0.717) is 5.69 Å². The number of carbonyl (C=O) groups excluding carboxylic acids is 2. The number of halogens is 2. The second kappa shape index (κ2) is 5.65. The first kappa shape index (κ1) is 18.0. The topological polar surface area (TPSA) is 57.6 Å². The van der Waals surface area contributed by atoms with Crippen LogP contribution < -0.4 is 4.90 Å². The van der Waals surface area contributed by atoms with Crippen LogP contribution in [0.15, 0.2) is 72.8 Å². The molecule has 30 heavy (non-hydrogen) atoms. The standard InChI is InChI=1S/C24H15Cl2NO3/c25-23-15-5-1-2-6-16(15)24(26,18-8-4-3-7-17(18)23)20-19(23)21(29)27(22(20)30)13-9-11-14(28)12-10-13/h1-12,19-20,28H/t19-,20+,23?,24?. The van der Waals surface area contributed by atoms with Crippen molar-refractivity contribution in [3.05, 3.63) is 95.1 Å². The van der Waals surface area contributed by atoms with Crippen LogP contribution in [-0.2, 0) is 19.3 Å². The molecule has 3 aliphatic carbocycles. The highest BCUT2D eigenvalue weighted by Gasteiger charge is 2.73. The smallest absolute Gasteiger partial charge is 0.240 e. The van der Waals surface area contributed by atoms with Crippen molar-refractivity contribution in [2.45, 2.75) is 9.75 Å². The molecule has 3 aromatic rings. The highest BCUT2D eigenvalue weighted by molar-refractivity contribution is 6.38. The first-order valence-electron chi connectivity index (χ1n) is 9.64. The van der Waals surface area contributed by atoms with Crippen molar-refractivity contribution in [1.29, 1.82) is 0 Å². The number of phenols is 1. The molecule has 0 unspecified atom stereocenters. The van der Waals surface area contributed by atoms with Crippen molar-refractivity contribution in [2.75, 3.05) is 4.90 Å². The number of carbonyl (C=O) groups is 2. The van der Waals surface area contributed by atoms with E-state index >= 15 is 0 Å². The number of imide groups is 1. The summed E-state index contributed by atoms with van der Waals surface area (Å²) in [6, 6.07) is 21.1. The molecule has 0 saturated carbocycles. The summed E-state index contributed by atoms with van der Waals surface area (Å²) in [5.41, 5.74) is 3.49. The van der Waals surface area contributed by atoms with E-state index in [9.17, 15) is 14.7 Å². The van der Waals surface area contributed by atoms with E-state index in [4.69, 9.17) is 23.2 Å². The zero-order valence-electron chi connectivity index (χ0n) is 15.5. The number of hydrogen-bond acceptors (Lipinski definition) is 3. The third-order valence-corrected chi connectivity index (χ3v) is 7.98. The number of alkyl halides is 2. The number of phenolic OH excluding ortho intramolecular Hbond substituents is 1. The maximum absolute atomic E-state index is 13.7. The average Bonchev–Trinajstić information content (AvgIpc) is 3.04. The van der Waals surface area contributed by atoms with E-state index in [0.717, 1.165) is 22.3 Å². The summed E-state index contributed by atoms with van der Waals surface area (Å²) in [7, 11) is 0. The molecular formula is C24H15Cl2NO3. The van der Waals surface area contributed by atoms with Crippen LogP contribution in [0.25, 0.3) is 0 Å². The van der Waals surface area contributed by atoms with Gasteiger partial charge >= 0.3 is 0 Å². The molecule has 0 aromatic heterocycles. The molecule has 148 valence electrons. The summed E-state index contributed by atoms with van der Waals surface area (Å²) in [5.74, 6) is -2.36. The van der Waals surface area contributed by atoms with Crippen LogP contribution in [0.4, 0.5) is 5.69 Å². The number of anilines is 1. The van der Waals surface area contributed by atoms with Crippen LogP contribution in [0.2, 0.25) is 0 Å². The molecule has 1 aliphatic heterocycles. The van der Waals surface area contributed by atoms with Crippen LogP contribution in [0.1, 0.15) is 22.3 Å². The summed E-state index contributed by atoms with van der Waals surface area (Å²) >= 11 is 14.7. The predicted octanol–water partition coefficient (Wildman–Crippen LogP) is 4.49. The normalized spacial score (nSPS) is 30.8. The maximum atomic E-state index is 13.7. The number of nitrogens with zero attached hydrogens (tertiary/aromatic N) is 1. The highest BCUT2D eigenvalue weighted by atomic mass is 35.5. The second-order valence-electron chi connectivity index (χ2n) is 8.00. The summed E-state index contributed by atoms with van der Waals surface area (Å²) in [6.45, 7) is 0. The summed E-state index contributed by atoms with van der Waals surface area (Å²) < 4.78 is 0. The van der Waals surface area contributed by atoms with Gasteiger partial charge in [-0.25, -0.2) is 4.90 Å². The Balaban J connectivity index is 1.66. The fraction of sp³-hybridized carbons (Fsp3) is 0.167. The highest BCUT2D eigenvalue weighted by Crippen LogP contribution is 2.69. The van der Waals surface area contributed by atoms with Gasteiger partial charge < -0.3 is 5.11 Å². The minimum absolute atomic E-state index is 0.0535. The SMILES string of the molecule is O=C1[C@@H]2[C@H](C(=O)N1c1ccc(O)cc1)C1(Cl)c3ccccc3C2(Cl)c2ccccc21. The molecule has 1 fully saturated rings. The summed E-state index contributed by atoms with van der Waals surface area (Å²) in [5, 5.41) is 9.62. The Labute approximate surface area is 182 Å². The van der Waals surface area contributed by atoms with E-state index in [1.165, 1.54) is 17.0 Å². The van der Waals surface area contributed by atoms with Gasteiger partial charge in [0.2, 0.25) is 11.8 Å². The number of aromatic hydroxyl groups is 1. The quantitative estimate of drug-likeness (QED) is 0.452. The molecule has 1 N–H and O–H groups in total. The van der Waals surface area contributed by atoms with Crippen molar-refractivity contribution in [2.24, 2.45) is 11.8 Å². The third kappa shape index (κ3) is 1.85. The van der Waals surface area contributed by atoms with Crippen molar-refractivity contribution in [1.82, 2.24) is 0 Å². The molecule has 2 amide bonds. The maximum Gasteiger partial charge on any atom is 0.240 e. The summed E-state index contributed by atoms with van der Waals surface area (Å²) in [4.78, 5) is 26.2. The molecule has 3 aromatic carbocycles. The molecule has 1 saturated heterocycles. The third-order valence-electron chi connectivity index (χ3n) is 6.69. The molecule has 2 bridgehead atoms. The fourth-order valence-corrected chi connectivity index (χ4v) is 6.62. The van der Waals surface area contributed by atoms with Crippen molar-refractivity contribution < 1.29 is 14.7 Å². The average molecular weight is 436 g/mol. The molecular weight excluding hydrogens is 421 g/mol. The minimum Gasteiger partial charge on any atom is -0.508 e. The zero-order valence-corrected chi connectivity index (χ0v) is 17.1. The monoisotopic (exact) mass is 435 g/mol. The molecule has 6 heteroatoms. The van der Waals surface area contributed by atoms with Gasteiger partial charge in [-0.3, -0.25) is 9.59 Å². The lowest BCUT2D eigenvalue weighted by Crippen LogP contribution is -2.57. The number of hydrogen-bond donors (Lipinski definition) is 1. The van der Waals surface area contributed by atoms with Crippen LogP contribution in [0, 0.1) is 11.8 Å². The number of benzene rings is 3. The molecule has 2 atom stereocenters. The molecule has 0 spiro atoms. The lowest BCUT2D eigenvalue weighted by atomic mass is 9.54. The molecule has 7 rings (SSSR count). The second-order valence-corrected chi connectivity index (χ2v) is 9.19. The Bertz CT molecular complexity index is 1130. The zero-order chi connectivity index (χ0) is 20.8. The van der Waals surface area contributed by atoms with Gasteiger partial charge in [0.1, 0.15) is 15.5 Å². The lowest BCUT2D eigenvalue weighted by molar-refractivity contribution is -0.122. The largest absolute Gasteiger partial charge is 0.508 e. The van der Waals surface area contributed by atoms with E-state index in [1.807, 2.05) is 48.5 Å². The van der Waals surface area contributed by atoms with E-state index < -0.39 is 21.6 Å². The molecule has 4 nitrogen and oxygen atoms in total. The van der Waals surface area contributed by atoms with Gasteiger partial charge in [-0.1, -0.05) is 48.5 Å². The number of amides is 2. The van der Waals surface area contributed by atoms with Gasteiger partial charge in [0.15, 0.2) is 0 Å². The van der Waals surface area contributed by atoms with Crippen LogP contribution in [0.3, 0.4) is 0 Å². The van der Waals surface area contributed by atoms with E-state index in [2.05, 4.69) is 0 Å². The molecule has 1 heterocycles. The number of rotatable bonds is 1. The Hall–Kier alpha value is -2.82. The fourth-order valence-electron chi connectivity index (χ4n) is 5.52. The van der Waals surface area contributed by atoms with Gasteiger partial charge in [0.05, 0.1) is 17.5 Å². The Morgan fingerprint density at radius 3 is 1.40 bits per heavy atom. The van der Waals surface area contributed by atoms with Crippen molar-refractivity contribution >= 4 is 40.7 Å². The molecule has 4 aliphatic rings. The van der Waals surface area contributed by atoms with E-state index in [-0.39, 0.29) is 17.6 Å². The lowest BCUT2D eigenvalue weighted by Gasteiger charge is -2.54. The van der Waals surface area contributed by atoms with Gasteiger partial charge in [-0.05, 0) is 46.5 Å². The molecule has 0 radical (unpaired) electrons. The van der Waals surface area contributed by atoms with Gasteiger partial charge in [0, 0.05) is 0 Å². The van der Waals surface area contributed by atoms with Gasteiger partial charge in [0.25, 0.3) is 0 Å². The van der Waals surface area contributed by atoms with Crippen LogP contribution in [-0.4, -0.2) is 16.9 Å². The van der Waals surface area contributed by atoms with Crippen LogP contribution >= 0.6 is 23.2 Å². The van der Waals surface area contributed by atoms with Crippen LogP contribution in [0.5, 0.6) is 5.75 Å². The van der Waals surface area contributed by atoms with Gasteiger partial charge in [-0.2, -0.15) is 0 Å². The predicted molar refractivity (Wildman–Crippen MR) is 114 cm³/mol. The van der Waals surface area contributed by atoms with Gasteiger partial charge in [-0.15, -0.1) is 23.2 Å². The Kier molecular flexibility index (Phi) is 3.39. The Morgan fingerprint density at radius 1 is 0.667 bits per heavy atom. The first-order valence-corrected chi connectivity index (χ1v) is 10.4. The van der Waals surface area contributed by atoms with E-state index in [1.54, 1.807) is 12.1 Å². The Morgan fingerprint density at radius 2 is 1.03 bits per heavy atom. The minimum atomic E-state index is -1.19.